The molecule has 5 rings (SSSR count). The molecule has 3 aromatic rings. The number of hydrogen-bond donors (Lipinski definition) is 0. The third-order valence-corrected chi connectivity index (χ3v) is 6.81. The smallest absolute Gasteiger partial charge is 0.233 e. The second-order valence-corrected chi connectivity index (χ2v) is 8.68. The number of para-hydroxylation sites is 2. The molecular formula is C23H25N3O3S. The van der Waals surface area contributed by atoms with Crippen molar-refractivity contribution in [1.82, 2.24) is 14.5 Å². The minimum absolute atomic E-state index is 0.0932. The molecule has 2 aliphatic heterocycles. The Morgan fingerprint density at radius 1 is 1.13 bits per heavy atom. The minimum atomic E-state index is 0.0932. The highest BCUT2D eigenvalue weighted by Gasteiger charge is 2.31. The van der Waals surface area contributed by atoms with Gasteiger partial charge in [-0.1, -0.05) is 30.0 Å². The number of thioether (sulfide) groups is 1. The van der Waals surface area contributed by atoms with Gasteiger partial charge in [0.15, 0.2) is 16.7 Å². The Kier molecular flexibility index (Phi) is 5.29. The van der Waals surface area contributed by atoms with E-state index in [1.807, 2.05) is 36.2 Å². The number of aromatic nitrogens is 2. The van der Waals surface area contributed by atoms with Crippen molar-refractivity contribution >= 4 is 28.7 Å². The standard InChI is InChI=1S/C23H25N3O3S/c1-25-19-7-3-2-6-17(19)24-23(25)30-15-22(27)26-11-4-8-18(26)16-9-10-20-21(14-16)29-13-5-12-28-20/h2-3,6-7,9-10,14,18H,4-5,8,11-13,15H2,1H3/t18-/m0/s1. The fraction of sp³-hybridized carbons (Fsp3) is 0.391. The van der Waals surface area contributed by atoms with E-state index in [9.17, 15) is 4.79 Å². The lowest BCUT2D eigenvalue weighted by Gasteiger charge is -2.25. The molecule has 6 nitrogen and oxygen atoms in total. The van der Waals surface area contributed by atoms with Gasteiger partial charge in [0.25, 0.3) is 0 Å². The van der Waals surface area contributed by atoms with E-state index in [2.05, 4.69) is 27.8 Å². The number of ether oxygens (including phenoxy) is 2. The first-order valence-corrected chi connectivity index (χ1v) is 11.4. The highest BCUT2D eigenvalue weighted by Crippen LogP contribution is 2.38. The molecule has 156 valence electrons. The molecule has 1 saturated heterocycles. The molecule has 1 atom stereocenters. The molecule has 2 aliphatic rings. The Bertz CT molecular complexity index is 1080. The van der Waals surface area contributed by atoms with Crippen LogP contribution < -0.4 is 9.47 Å². The molecule has 7 heteroatoms. The summed E-state index contributed by atoms with van der Waals surface area (Å²) in [4.78, 5) is 19.8. The Morgan fingerprint density at radius 3 is 2.83 bits per heavy atom. The number of imidazole rings is 1. The van der Waals surface area contributed by atoms with Crippen LogP contribution in [0.25, 0.3) is 11.0 Å². The molecule has 2 aromatic carbocycles. The zero-order valence-corrected chi connectivity index (χ0v) is 17.9. The van der Waals surface area contributed by atoms with Crippen molar-refractivity contribution in [2.45, 2.75) is 30.5 Å². The molecule has 3 heterocycles. The maximum atomic E-state index is 13.1. The fourth-order valence-corrected chi connectivity index (χ4v) is 5.13. The maximum absolute atomic E-state index is 13.1. The first kappa shape index (κ1) is 19.3. The molecule has 30 heavy (non-hydrogen) atoms. The summed E-state index contributed by atoms with van der Waals surface area (Å²) in [6.45, 7) is 2.14. The normalized spacial score (nSPS) is 18.6. The van der Waals surface area contributed by atoms with Crippen LogP contribution >= 0.6 is 11.8 Å². The van der Waals surface area contributed by atoms with Gasteiger partial charge in [-0.3, -0.25) is 4.79 Å². The van der Waals surface area contributed by atoms with Crippen LogP contribution in [0.1, 0.15) is 30.9 Å². The second kappa shape index (κ2) is 8.22. The summed E-state index contributed by atoms with van der Waals surface area (Å²) in [5.74, 6) is 2.13. The van der Waals surface area contributed by atoms with Gasteiger partial charge in [0.1, 0.15) is 0 Å². The quantitative estimate of drug-likeness (QED) is 0.589. The topological polar surface area (TPSA) is 56.6 Å². The van der Waals surface area contributed by atoms with E-state index in [1.165, 1.54) is 11.8 Å². The number of aryl methyl sites for hydroxylation is 1. The molecule has 0 saturated carbocycles. The summed E-state index contributed by atoms with van der Waals surface area (Å²) in [6.07, 6.45) is 2.88. The minimum Gasteiger partial charge on any atom is -0.490 e. The number of benzene rings is 2. The van der Waals surface area contributed by atoms with E-state index in [1.54, 1.807) is 0 Å². The number of hydrogen-bond acceptors (Lipinski definition) is 5. The molecule has 1 fully saturated rings. The lowest BCUT2D eigenvalue weighted by molar-refractivity contribution is -0.129. The van der Waals surface area contributed by atoms with E-state index in [4.69, 9.17) is 9.47 Å². The van der Waals surface area contributed by atoms with Crippen molar-refractivity contribution in [1.29, 1.82) is 0 Å². The Hall–Kier alpha value is -2.67. The average Bonchev–Trinajstić information content (AvgIpc) is 3.30. The highest BCUT2D eigenvalue weighted by atomic mass is 32.2. The number of carbonyl (C=O) groups is 1. The summed E-state index contributed by atoms with van der Waals surface area (Å²) in [5.41, 5.74) is 3.16. The van der Waals surface area contributed by atoms with E-state index >= 15 is 0 Å². The molecule has 1 amide bonds. The van der Waals surface area contributed by atoms with Gasteiger partial charge in [-0.2, -0.15) is 0 Å². The van der Waals surface area contributed by atoms with Crippen LogP contribution in [0.5, 0.6) is 11.5 Å². The average molecular weight is 424 g/mol. The summed E-state index contributed by atoms with van der Waals surface area (Å²) >= 11 is 1.51. The predicted molar refractivity (Wildman–Crippen MR) is 117 cm³/mol. The monoisotopic (exact) mass is 423 g/mol. The van der Waals surface area contributed by atoms with Crippen LogP contribution in [-0.2, 0) is 11.8 Å². The first-order chi connectivity index (χ1) is 14.7. The van der Waals surface area contributed by atoms with Crippen LogP contribution in [-0.4, -0.2) is 45.9 Å². The van der Waals surface area contributed by atoms with Crippen LogP contribution in [0.15, 0.2) is 47.6 Å². The Balaban J connectivity index is 1.30. The van der Waals surface area contributed by atoms with Crippen LogP contribution in [0.2, 0.25) is 0 Å². The number of fused-ring (bicyclic) bond motifs is 2. The van der Waals surface area contributed by atoms with Crippen molar-refractivity contribution in [2.24, 2.45) is 7.05 Å². The maximum Gasteiger partial charge on any atom is 0.233 e. The lowest BCUT2D eigenvalue weighted by atomic mass is 10.0. The second-order valence-electron chi connectivity index (χ2n) is 7.73. The van der Waals surface area contributed by atoms with Crippen molar-refractivity contribution < 1.29 is 14.3 Å². The van der Waals surface area contributed by atoms with Crippen molar-refractivity contribution in [3.05, 3.63) is 48.0 Å². The van der Waals surface area contributed by atoms with E-state index in [0.29, 0.717) is 19.0 Å². The fourth-order valence-electron chi connectivity index (χ4n) is 4.26. The molecule has 1 aromatic heterocycles. The number of likely N-dealkylation sites (tertiary alicyclic amines) is 1. The zero-order chi connectivity index (χ0) is 20.5. The number of nitrogens with zero attached hydrogens (tertiary/aromatic N) is 3. The van der Waals surface area contributed by atoms with Gasteiger partial charge in [0.2, 0.25) is 5.91 Å². The van der Waals surface area contributed by atoms with Gasteiger partial charge < -0.3 is 18.9 Å². The lowest BCUT2D eigenvalue weighted by Crippen LogP contribution is -2.32. The van der Waals surface area contributed by atoms with Gasteiger partial charge in [0, 0.05) is 20.0 Å². The Morgan fingerprint density at radius 2 is 1.97 bits per heavy atom. The van der Waals surface area contributed by atoms with Gasteiger partial charge in [-0.25, -0.2) is 4.98 Å². The summed E-state index contributed by atoms with van der Waals surface area (Å²) in [6, 6.07) is 14.2. The van der Waals surface area contributed by atoms with Crippen LogP contribution in [0.3, 0.4) is 0 Å². The SMILES string of the molecule is Cn1c(SCC(=O)N2CCC[C@H]2c2ccc3c(c2)OCCCO3)nc2ccccc21. The molecule has 0 radical (unpaired) electrons. The Labute approximate surface area is 180 Å². The van der Waals surface area contributed by atoms with Gasteiger partial charge in [0.05, 0.1) is 36.0 Å². The molecule has 0 unspecified atom stereocenters. The molecule has 0 N–H and O–H groups in total. The van der Waals surface area contributed by atoms with E-state index in [0.717, 1.165) is 59.1 Å². The van der Waals surface area contributed by atoms with Crippen molar-refractivity contribution in [3.63, 3.8) is 0 Å². The largest absolute Gasteiger partial charge is 0.490 e. The van der Waals surface area contributed by atoms with Gasteiger partial charge >= 0.3 is 0 Å². The van der Waals surface area contributed by atoms with Gasteiger partial charge in [-0.05, 0) is 42.7 Å². The third kappa shape index (κ3) is 3.62. The molecular weight excluding hydrogens is 398 g/mol. The van der Waals surface area contributed by atoms with Gasteiger partial charge in [-0.15, -0.1) is 0 Å². The molecule has 0 spiro atoms. The number of amides is 1. The highest BCUT2D eigenvalue weighted by molar-refractivity contribution is 7.99. The summed E-state index contributed by atoms with van der Waals surface area (Å²) < 4.78 is 13.6. The number of carbonyl (C=O) groups excluding carboxylic acids is 1. The molecule has 0 aliphatic carbocycles. The molecule has 0 bridgehead atoms. The van der Waals surface area contributed by atoms with E-state index < -0.39 is 0 Å². The van der Waals surface area contributed by atoms with Crippen LogP contribution in [0.4, 0.5) is 0 Å². The summed E-state index contributed by atoms with van der Waals surface area (Å²) in [5, 5.41) is 0.871. The first-order valence-electron chi connectivity index (χ1n) is 10.4. The van der Waals surface area contributed by atoms with E-state index in [-0.39, 0.29) is 11.9 Å². The predicted octanol–water partition coefficient (Wildman–Crippen LogP) is 4.19. The summed E-state index contributed by atoms with van der Waals surface area (Å²) in [7, 11) is 2.00. The van der Waals surface area contributed by atoms with Crippen LogP contribution in [0, 0.1) is 0 Å². The third-order valence-electron chi connectivity index (χ3n) is 5.80. The van der Waals surface area contributed by atoms with Crippen molar-refractivity contribution in [2.75, 3.05) is 25.5 Å². The zero-order valence-electron chi connectivity index (χ0n) is 17.0. The van der Waals surface area contributed by atoms with Crippen molar-refractivity contribution in [3.8, 4) is 11.5 Å². The number of rotatable bonds is 4.